The number of thiophene rings is 1. The number of aliphatic hydroxyl groups excluding tert-OH is 1. The van der Waals surface area contributed by atoms with Crippen LogP contribution >= 0.6 is 22.9 Å². The number of halogens is 1. The van der Waals surface area contributed by atoms with Gasteiger partial charge in [0.1, 0.15) is 5.75 Å². The Kier molecular flexibility index (Phi) is 4.66. The molecule has 1 aliphatic heterocycles. The first-order chi connectivity index (χ1) is 13.5. The van der Waals surface area contributed by atoms with Crippen molar-refractivity contribution in [3.63, 3.8) is 0 Å². The Hall–Kier alpha value is -3.09. The first kappa shape index (κ1) is 18.3. The second-order valence-electron chi connectivity index (χ2n) is 6.22. The number of hydrogen-bond acceptors (Lipinski definition) is 5. The number of phenolic OH excluding ortho intramolecular Hbond substituents is 1. The van der Waals surface area contributed by atoms with Crippen LogP contribution in [-0.2, 0) is 4.79 Å². The number of aliphatic hydroxyl groups is 1. The maximum Gasteiger partial charge on any atom is 0.294 e. The summed E-state index contributed by atoms with van der Waals surface area (Å²) in [7, 11) is 0. The van der Waals surface area contributed by atoms with Gasteiger partial charge in [-0.25, -0.2) is 0 Å². The molecule has 7 heteroatoms. The topological polar surface area (TPSA) is 77.8 Å². The van der Waals surface area contributed by atoms with E-state index < -0.39 is 23.5 Å². The van der Waals surface area contributed by atoms with Gasteiger partial charge in [-0.1, -0.05) is 35.9 Å². The molecule has 1 unspecified atom stereocenters. The van der Waals surface area contributed by atoms with Crippen molar-refractivity contribution in [1.82, 2.24) is 0 Å². The Balaban J connectivity index is 1.89. The lowest BCUT2D eigenvalue weighted by Crippen LogP contribution is -2.31. The number of Topliss-reactive ketones (excluding diaryl/α,β-unsaturated/α-hetero) is 1. The van der Waals surface area contributed by atoms with Crippen molar-refractivity contribution in [2.75, 3.05) is 4.90 Å². The molecule has 5 nitrogen and oxygen atoms in total. The number of carbonyl (C=O) groups is 2. The lowest BCUT2D eigenvalue weighted by molar-refractivity contribution is -0.117. The maximum absolute atomic E-state index is 13.1. The average Bonchev–Trinajstić information content (AvgIpc) is 3.30. The van der Waals surface area contributed by atoms with E-state index >= 15 is 0 Å². The van der Waals surface area contributed by atoms with Gasteiger partial charge in [-0.15, -0.1) is 11.3 Å². The number of anilines is 1. The zero-order chi connectivity index (χ0) is 19.8. The standard InChI is InChI=1S/C21H14ClNO4S/c22-13-3-1-4-14(11-13)23-18(12-6-8-15(24)9-7-12)17(20(26)21(23)27)19(25)16-5-2-10-28-16/h1-11,18,24,26H. The van der Waals surface area contributed by atoms with E-state index in [1.54, 1.807) is 53.9 Å². The van der Waals surface area contributed by atoms with E-state index in [4.69, 9.17) is 11.6 Å². The minimum absolute atomic E-state index is 0.00175. The van der Waals surface area contributed by atoms with E-state index in [-0.39, 0.29) is 11.3 Å². The van der Waals surface area contributed by atoms with E-state index in [1.807, 2.05) is 0 Å². The highest BCUT2D eigenvalue weighted by molar-refractivity contribution is 7.12. The van der Waals surface area contributed by atoms with Crippen LogP contribution < -0.4 is 4.90 Å². The first-order valence-corrected chi connectivity index (χ1v) is 9.62. The summed E-state index contributed by atoms with van der Waals surface area (Å²) >= 11 is 7.32. The van der Waals surface area contributed by atoms with Crippen LogP contribution in [0.15, 0.2) is 77.4 Å². The van der Waals surface area contributed by atoms with Gasteiger partial charge < -0.3 is 10.2 Å². The number of phenols is 1. The third-order valence-electron chi connectivity index (χ3n) is 4.49. The lowest BCUT2D eigenvalue weighted by atomic mass is 9.95. The van der Waals surface area contributed by atoms with Crippen molar-refractivity contribution in [1.29, 1.82) is 0 Å². The molecule has 140 valence electrons. The number of amides is 1. The minimum atomic E-state index is -0.846. The number of carbonyl (C=O) groups excluding carboxylic acids is 2. The van der Waals surface area contributed by atoms with Gasteiger partial charge in [-0.05, 0) is 47.3 Å². The molecule has 0 fully saturated rings. The van der Waals surface area contributed by atoms with E-state index in [1.165, 1.54) is 28.4 Å². The molecule has 0 aliphatic carbocycles. The molecule has 4 rings (SSSR count). The van der Waals surface area contributed by atoms with Gasteiger partial charge in [0.2, 0.25) is 5.78 Å². The third-order valence-corrected chi connectivity index (χ3v) is 5.60. The number of rotatable bonds is 4. The van der Waals surface area contributed by atoms with E-state index in [0.717, 1.165) is 0 Å². The fourth-order valence-electron chi connectivity index (χ4n) is 3.24. The predicted molar refractivity (Wildman–Crippen MR) is 108 cm³/mol. The van der Waals surface area contributed by atoms with E-state index in [9.17, 15) is 19.8 Å². The largest absolute Gasteiger partial charge is 0.508 e. The van der Waals surface area contributed by atoms with Gasteiger partial charge in [0, 0.05) is 10.7 Å². The summed E-state index contributed by atoms with van der Waals surface area (Å²) in [5, 5.41) is 22.4. The summed E-state index contributed by atoms with van der Waals surface area (Å²) in [5.41, 5.74) is 1.03. The van der Waals surface area contributed by atoms with E-state index in [0.29, 0.717) is 21.2 Å². The summed E-state index contributed by atoms with van der Waals surface area (Å²) in [5.74, 6) is -1.62. The molecule has 3 aromatic rings. The fourth-order valence-corrected chi connectivity index (χ4v) is 4.10. The highest BCUT2D eigenvalue weighted by Crippen LogP contribution is 2.42. The number of aromatic hydroxyl groups is 1. The molecule has 1 amide bonds. The number of ketones is 1. The average molecular weight is 412 g/mol. The first-order valence-electron chi connectivity index (χ1n) is 8.37. The highest BCUT2D eigenvalue weighted by Gasteiger charge is 2.44. The smallest absolute Gasteiger partial charge is 0.294 e. The summed E-state index contributed by atoms with van der Waals surface area (Å²) in [6, 6.07) is 15.3. The van der Waals surface area contributed by atoms with Gasteiger partial charge in [-0.2, -0.15) is 0 Å². The molecule has 0 radical (unpaired) electrons. The lowest BCUT2D eigenvalue weighted by Gasteiger charge is -2.27. The summed E-state index contributed by atoms with van der Waals surface area (Å²) < 4.78 is 0. The SMILES string of the molecule is O=C(C1=C(O)C(=O)N(c2cccc(Cl)c2)C1c1ccc(O)cc1)c1cccs1. The van der Waals surface area contributed by atoms with Crippen molar-refractivity contribution >= 4 is 40.3 Å². The van der Waals surface area contributed by atoms with Crippen molar-refractivity contribution < 1.29 is 19.8 Å². The zero-order valence-corrected chi connectivity index (χ0v) is 15.9. The Morgan fingerprint density at radius 2 is 1.79 bits per heavy atom. The summed E-state index contributed by atoms with van der Waals surface area (Å²) in [6.45, 7) is 0. The fraction of sp³-hybridized carbons (Fsp3) is 0.0476. The van der Waals surface area contributed by atoms with Gasteiger partial charge in [0.25, 0.3) is 5.91 Å². The Morgan fingerprint density at radius 1 is 1.04 bits per heavy atom. The molecule has 2 heterocycles. The second kappa shape index (κ2) is 7.14. The molecule has 0 saturated carbocycles. The number of benzene rings is 2. The molecule has 0 saturated heterocycles. The minimum Gasteiger partial charge on any atom is -0.508 e. The van der Waals surface area contributed by atoms with Crippen LogP contribution in [0.4, 0.5) is 5.69 Å². The van der Waals surface area contributed by atoms with Crippen molar-refractivity contribution in [3.05, 3.63) is 92.8 Å². The monoisotopic (exact) mass is 411 g/mol. The van der Waals surface area contributed by atoms with Crippen LogP contribution in [-0.4, -0.2) is 21.9 Å². The zero-order valence-electron chi connectivity index (χ0n) is 14.4. The number of hydrogen-bond donors (Lipinski definition) is 2. The summed E-state index contributed by atoms with van der Waals surface area (Å²) in [6.07, 6.45) is 0. The third kappa shape index (κ3) is 3.06. The number of nitrogens with zero attached hydrogens (tertiary/aromatic N) is 1. The molecule has 1 aliphatic rings. The van der Waals surface area contributed by atoms with Gasteiger partial charge >= 0.3 is 0 Å². The van der Waals surface area contributed by atoms with Crippen LogP contribution in [0.3, 0.4) is 0 Å². The van der Waals surface area contributed by atoms with Crippen LogP contribution in [0.1, 0.15) is 21.3 Å². The molecule has 1 aromatic heterocycles. The Labute approximate surface area is 169 Å². The molecule has 1 atom stereocenters. The Bertz CT molecular complexity index is 1090. The highest BCUT2D eigenvalue weighted by atomic mass is 35.5. The molecule has 28 heavy (non-hydrogen) atoms. The summed E-state index contributed by atoms with van der Waals surface area (Å²) in [4.78, 5) is 27.8. The molecule has 2 aromatic carbocycles. The molecular weight excluding hydrogens is 398 g/mol. The Morgan fingerprint density at radius 3 is 2.43 bits per heavy atom. The molecule has 2 N–H and O–H groups in total. The van der Waals surface area contributed by atoms with Crippen molar-refractivity contribution in [3.8, 4) is 5.75 Å². The molecule has 0 bridgehead atoms. The van der Waals surface area contributed by atoms with Gasteiger partial charge in [-0.3, -0.25) is 14.5 Å². The van der Waals surface area contributed by atoms with Gasteiger partial charge in [0.05, 0.1) is 16.5 Å². The quantitative estimate of drug-likeness (QED) is 0.599. The van der Waals surface area contributed by atoms with Crippen LogP contribution in [0, 0.1) is 0 Å². The van der Waals surface area contributed by atoms with Crippen molar-refractivity contribution in [2.24, 2.45) is 0 Å². The van der Waals surface area contributed by atoms with Crippen LogP contribution in [0.2, 0.25) is 5.02 Å². The predicted octanol–water partition coefficient (Wildman–Crippen LogP) is 4.89. The van der Waals surface area contributed by atoms with Crippen LogP contribution in [0.5, 0.6) is 5.75 Å². The normalized spacial score (nSPS) is 16.7. The maximum atomic E-state index is 13.1. The molecule has 0 spiro atoms. The van der Waals surface area contributed by atoms with E-state index in [2.05, 4.69) is 0 Å². The second-order valence-corrected chi connectivity index (χ2v) is 7.60. The van der Waals surface area contributed by atoms with Gasteiger partial charge in [0.15, 0.2) is 5.76 Å². The molecular formula is C21H14ClNO4S. The van der Waals surface area contributed by atoms with Crippen LogP contribution in [0.25, 0.3) is 0 Å². The van der Waals surface area contributed by atoms with Crippen molar-refractivity contribution in [2.45, 2.75) is 6.04 Å².